The summed E-state index contributed by atoms with van der Waals surface area (Å²) in [7, 11) is 0. The Morgan fingerprint density at radius 3 is 2.68 bits per heavy atom. The molecule has 0 radical (unpaired) electrons. The fraction of sp³-hybridized carbons (Fsp3) is 0.684. The van der Waals surface area contributed by atoms with Gasteiger partial charge in [0.1, 0.15) is 17.0 Å². The van der Waals surface area contributed by atoms with Crippen molar-refractivity contribution in [1.82, 2.24) is 14.9 Å². The maximum atomic E-state index is 5.84. The zero-order valence-corrected chi connectivity index (χ0v) is 16.0. The maximum Gasteiger partial charge on any atom is 0.140 e. The first-order valence-electron chi connectivity index (χ1n) is 9.50. The van der Waals surface area contributed by atoms with E-state index in [1.54, 1.807) is 17.7 Å². The second-order valence-corrected chi connectivity index (χ2v) is 8.47. The Morgan fingerprint density at radius 1 is 1.16 bits per heavy atom. The van der Waals surface area contributed by atoms with Crippen LogP contribution in [0.1, 0.15) is 33.1 Å². The second-order valence-electron chi connectivity index (χ2n) is 7.57. The Balaban J connectivity index is 1.29. The summed E-state index contributed by atoms with van der Waals surface area (Å²) in [5, 5.41) is 3.32. The molecule has 0 bridgehead atoms. The molecular formula is C19H28N4OS. The number of hydrogen-bond acceptors (Lipinski definition) is 6. The van der Waals surface area contributed by atoms with Crippen LogP contribution >= 0.6 is 11.3 Å². The van der Waals surface area contributed by atoms with Crippen molar-refractivity contribution in [2.24, 2.45) is 5.92 Å². The van der Waals surface area contributed by atoms with E-state index in [9.17, 15) is 0 Å². The monoisotopic (exact) mass is 360 g/mol. The van der Waals surface area contributed by atoms with Crippen molar-refractivity contribution in [3.05, 3.63) is 17.8 Å². The van der Waals surface area contributed by atoms with Crippen LogP contribution in [-0.4, -0.2) is 59.8 Å². The third kappa shape index (κ3) is 3.96. The van der Waals surface area contributed by atoms with E-state index < -0.39 is 0 Å². The summed E-state index contributed by atoms with van der Waals surface area (Å²) in [6.45, 7) is 9.98. The predicted octanol–water partition coefficient (Wildman–Crippen LogP) is 3.41. The summed E-state index contributed by atoms with van der Waals surface area (Å²) >= 11 is 1.70. The normalized spacial score (nSPS) is 26.4. The molecular weight excluding hydrogens is 332 g/mol. The van der Waals surface area contributed by atoms with E-state index in [1.807, 2.05) is 0 Å². The van der Waals surface area contributed by atoms with E-state index >= 15 is 0 Å². The van der Waals surface area contributed by atoms with Gasteiger partial charge in [-0.15, -0.1) is 11.3 Å². The molecule has 0 N–H and O–H groups in total. The highest BCUT2D eigenvalue weighted by molar-refractivity contribution is 7.16. The summed E-state index contributed by atoms with van der Waals surface area (Å²) in [4.78, 5) is 15.1. The Labute approximate surface area is 154 Å². The SMILES string of the molecule is CC1CN(CCC2CCN(c3ncnc4sccc34)CC2)CC(C)O1. The Kier molecular flexibility index (Phi) is 5.20. The Hall–Kier alpha value is -1.24. The van der Waals surface area contributed by atoms with Gasteiger partial charge >= 0.3 is 0 Å². The number of fused-ring (bicyclic) bond motifs is 1. The van der Waals surface area contributed by atoms with Crippen LogP contribution in [-0.2, 0) is 4.74 Å². The summed E-state index contributed by atoms with van der Waals surface area (Å²) in [5.41, 5.74) is 0. The minimum absolute atomic E-state index is 0.372. The molecule has 2 saturated heterocycles. The smallest absolute Gasteiger partial charge is 0.140 e. The number of aromatic nitrogens is 2. The van der Waals surface area contributed by atoms with Gasteiger partial charge in [-0.2, -0.15) is 0 Å². The van der Waals surface area contributed by atoms with Gasteiger partial charge in [0.15, 0.2) is 0 Å². The van der Waals surface area contributed by atoms with Crippen molar-refractivity contribution >= 4 is 27.4 Å². The van der Waals surface area contributed by atoms with Crippen molar-refractivity contribution in [1.29, 1.82) is 0 Å². The molecule has 2 unspecified atom stereocenters. The van der Waals surface area contributed by atoms with Crippen molar-refractivity contribution < 1.29 is 4.74 Å². The summed E-state index contributed by atoms with van der Waals surface area (Å²) < 4.78 is 5.84. The highest BCUT2D eigenvalue weighted by Gasteiger charge is 2.25. The van der Waals surface area contributed by atoms with Gasteiger partial charge in [-0.05, 0) is 57.0 Å². The van der Waals surface area contributed by atoms with Crippen molar-refractivity contribution in [3.63, 3.8) is 0 Å². The minimum Gasteiger partial charge on any atom is -0.373 e. The molecule has 4 heterocycles. The van der Waals surface area contributed by atoms with Crippen LogP contribution in [0.4, 0.5) is 5.82 Å². The first-order chi connectivity index (χ1) is 12.2. The number of nitrogens with zero attached hydrogens (tertiary/aromatic N) is 4. The number of morpholine rings is 1. The van der Waals surface area contributed by atoms with Crippen LogP contribution < -0.4 is 4.90 Å². The molecule has 2 atom stereocenters. The number of piperidine rings is 1. The van der Waals surface area contributed by atoms with Gasteiger partial charge < -0.3 is 9.64 Å². The number of thiophene rings is 1. The van der Waals surface area contributed by atoms with Crippen molar-refractivity contribution in [3.8, 4) is 0 Å². The molecule has 0 saturated carbocycles. The molecule has 0 spiro atoms. The highest BCUT2D eigenvalue weighted by Crippen LogP contribution is 2.30. The Bertz CT molecular complexity index is 688. The van der Waals surface area contributed by atoms with E-state index in [-0.39, 0.29) is 0 Å². The van der Waals surface area contributed by atoms with Gasteiger partial charge in [-0.25, -0.2) is 9.97 Å². The van der Waals surface area contributed by atoms with Gasteiger partial charge in [-0.1, -0.05) is 0 Å². The maximum absolute atomic E-state index is 5.84. The summed E-state index contributed by atoms with van der Waals surface area (Å²) in [5.74, 6) is 1.96. The lowest BCUT2D eigenvalue weighted by Crippen LogP contribution is -2.46. The van der Waals surface area contributed by atoms with Crippen molar-refractivity contribution in [2.45, 2.75) is 45.3 Å². The number of rotatable bonds is 4. The van der Waals surface area contributed by atoms with Gasteiger partial charge in [0, 0.05) is 26.2 Å². The first kappa shape index (κ1) is 17.2. The quantitative estimate of drug-likeness (QED) is 0.836. The van der Waals surface area contributed by atoms with E-state index in [0.717, 1.165) is 42.7 Å². The van der Waals surface area contributed by atoms with Gasteiger partial charge in [-0.3, -0.25) is 4.90 Å². The fourth-order valence-corrected chi connectivity index (χ4v) is 5.02. The number of anilines is 1. The average Bonchev–Trinajstić information content (AvgIpc) is 3.08. The van der Waals surface area contributed by atoms with E-state index in [4.69, 9.17) is 4.74 Å². The molecule has 0 amide bonds. The van der Waals surface area contributed by atoms with Gasteiger partial charge in [0.25, 0.3) is 0 Å². The standard InChI is InChI=1S/C19H28N4OS/c1-14-11-22(12-15(2)24-14)7-3-16-4-8-23(9-5-16)18-17-6-10-25-19(17)21-13-20-18/h6,10,13-16H,3-5,7-9,11-12H2,1-2H3. The van der Waals surface area contributed by atoms with E-state index in [2.05, 4.69) is 45.1 Å². The lowest BCUT2D eigenvalue weighted by atomic mass is 9.93. The van der Waals surface area contributed by atoms with Crippen LogP contribution in [0.2, 0.25) is 0 Å². The minimum atomic E-state index is 0.372. The Morgan fingerprint density at radius 2 is 1.92 bits per heavy atom. The zero-order chi connectivity index (χ0) is 17.2. The van der Waals surface area contributed by atoms with Crippen LogP contribution in [0.5, 0.6) is 0 Å². The summed E-state index contributed by atoms with van der Waals surface area (Å²) in [6, 6.07) is 2.15. The second kappa shape index (κ2) is 7.56. The third-order valence-electron chi connectivity index (χ3n) is 5.50. The topological polar surface area (TPSA) is 41.5 Å². The van der Waals surface area contributed by atoms with Gasteiger partial charge in [0.05, 0.1) is 17.6 Å². The number of ether oxygens (including phenoxy) is 1. The van der Waals surface area contributed by atoms with Crippen LogP contribution in [0.3, 0.4) is 0 Å². The lowest BCUT2D eigenvalue weighted by molar-refractivity contribution is -0.0690. The molecule has 2 aliphatic rings. The molecule has 0 aliphatic carbocycles. The van der Waals surface area contributed by atoms with Gasteiger partial charge in [0.2, 0.25) is 0 Å². The van der Waals surface area contributed by atoms with Crippen LogP contribution in [0.25, 0.3) is 10.2 Å². The molecule has 6 heteroatoms. The van der Waals surface area contributed by atoms with Crippen LogP contribution in [0.15, 0.2) is 17.8 Å². The average molecular weight is 361 g/mol. The molecule has 4 rings (SSSR count). The third-order valence-corrected chi connectivity index (χ3v) is 6.32. The fourth-order valence-electron chi connectivity index (χ4n) is 4.29. The molecule has 136 valence electrons. The summed E-state index contributed by atoms with van der Waals surface area (Å²) in [6.07, 6.45) is 6.30. The van der Waals surface area contributed by atoms with Crippen molar-refractivity contribution in [2.75, 3.05) is 37.6 Å². The molecule has 0 aromatic carbocycles. The molecule has 2 aromatic heterocycles. The van der Waals surface area contributed by atoms with E-state index in [0.29, 0.717) is 12.2 Å². The molecule has 2 aromatic rings. The lowest BCUT2D eigenvalue weighted by Gasteiger charge is -2.37. The predicted molar refractivity (Wildman–Crippen MR) is 103 cm³/mol. The molecule has 2 aliphatic heterocycles. The zero-order valence-electron chi connectivity index (χ0n) is 15.2. The highest BCUT2D eigenvalue weighted by atomic mass is 32.1. The molecule has 25 heavy (non-hydrogen) atoms. The van der Waals surface area contributed by atoms with E-state index in [1.165, 1.54) is 31.2 Å². The molecule has 5 nitrogen and oxygen atoms in total. The number of hydrogen-bond donors (Lipinski definition) is 0. The van der Waals surface area contributed by atoms with Crippen LogP contribution in [0, 0.1) is 5.92 Å². The molecule has 2 fully saturated rings. The largest absolute Gasteiger partial charge is 0.373 e. The first-order valence-corrected chi connectivity index (χ1v) is 10.4.